The summed E-state index contributed by atoms with van der Waals surface area (Å²) in [5, 5.41) is 10.7. The second-order valence-corrected chi connectivity index (χ2v) is 3.97. The van der Waals surface area contributed by atoms with Gasteiger partial charge in [-0.3, -0.25) is 5.43 Å². The Morgan fingerprint density at radius 2 is 2.00 bits per heavy atom. The predicted molar refractivity (Wildman–Crippen MR) is 70.2 cm³/mol. The first-order valence-corrected chi connectivity index (χ1v) is 5.95. The Morgan fingerprint density at radius 3 is 2.63 bits per heavy atom. The number of rotatable bonds is 5. The lowest BCUT2D eigenvalue weighted by molar-refractivity contribution is 0.00708. The number of hydrogen-bond acceptors (Lipinski definition) is 5. The molecule has 1 saturated heterocycles. The quantitative estimate of drug-likeness (QED) is 0.405. The molecule has 0 aliphatic carbocycles. The summed E-state index contributed by atoms with van der Waals surface area (Å²) in [6.45, 7) is 3.05. The molecule has 0 unspecified atom stereocenters. The number of hydrazine groups is 2. The Bertz CT molecular complexity index is 441. The molecule has 0 saturated carbocycles. The number of nitrogens with zero attached hydrogens (tertiary/aromatic N) is 2. The van der Waals surface area contributed by atoms with Crippen molar-refractivity contribution in [3.63, 3.8) is 0 Å². The predicted octanol–water partition coefficient (Wildman–Crippen LogP) is 0.386. The van der Waals surface area contributed by atoms with Gasteiger partial charge in [-0.1, -0.05) is 0 Å². The van der Waals surface area contributed by atoms with Crippen LogP contribution < -0.4 is 11.0 Å². The molecule has 102 valence electrons. The maximum atomic E-state index is 10.7. The van der Waals surface area contributed by atoms with Crippen LogP contribution in [0, 0.1) is 0 Å². The van der Waals surface area contributed by atoms with E-state index in [1.54, 1.807) is 12.1 Å². The van der Waals surface area contributed by atoms with Crippen molar-refractivity contribution in [2.24, 2.45) is 4.99 Å². The fourth-order valence-electron chi connectivity index (χ4n) is 1.59. The van der Waals surface area contributed by atoms with Crippen LogP contribution in [0.3, 0.4) is 0 Å². The van der Waals surface area contributed by atoms with Gasteiger partial charge in [-0.15, -0.1) is 0 Å². The van der Waals surface area contributed by atoms with E-state index >= 15 is 0 Å². The number of benzene rings is 1. The number of carboxylic acids is 1. The molecule has 1 heterocycles. The molecular formula is C12H16N4O3. The first-order chi connectivity index (χ1) is 9.25. The minimum Gasteiger partial charge on any atom is -0.478 e. The number of aliphatic imine (C=N–C) groups is 1. The maximum Gasteiger partial charge on any atom is 0.335 e. The topological polar surface area (TPSA) is 86.2 Å². The lowest BCUT2D eigenvalue weighted by atomic mass is 10.2. The minimum atomic E-state index is -0.942. The standard InChI is InChI=1S/C12H16N4O3/c17-12(18)10-1-3-11(4-2-10)13-9-14-15-16-5-7-19-8-6-16/h1-4,9,15H,5-8H2,(H,13,14)(H,17,18). The van der Waals surface area contributed by atoms with E-state index in [0.717, 1.165) is 13.1 Å². The van der Waals surface area contributed by atoms with E-state index in [9.17, 15) is 4.79 Å². The smallest absolute Gasteiger partial charge is 0.335 e. The number of carboxylic acid groups (broad SMARTS) is 1. The molecule has 1 fully saturated rings. The first kappa shape index (κ1) is 13.5. The summed E-state index contributed by atoms with van der Waals surface area (Å²) in [6.07, 6.45) is 1.52. The fourth-order valence-corrected chi connectivity index (χ4v) is 1.59. The molecule has 0 aromatic heterocycles. The number of hydrogen-bond donors (Lipinski definition) is 3. The van der Waals surface area contributed by atoms with Crippen molar-refractivity contribution in [2.45, 2.75) is 0 Å². The highest BCUT2D eigenvalue weighted by Crippen LogP contribution is 2.11. The van der Waals surface area contributed by atoms with Gasteiger partial charge in [0.05, 0.1) is 24.5 Å². The van der Waals surface area contributed by atoms with Gasteiger partial charge in [0, 0.05) is 13.1 Å². The highest BCUT2D eigenvalue weighted by molar-refractivity contribution is 5.87. The van der Waals surface area contributed by atoms with Crippen LogP contribution in [0.1, 0.15) is 10.4 Å². The number of aromatic carboxylic acids is 1. The molecule has 2 rings (SSSR count). The lowest BCUT2D eigenvalue weighted by Gasteiger charge is -2.26. The van der Waals surface area contributed by atoms with Crippen molar-refractivity contribution >= 4 is 18.0 Å². The minimum absolute atomic E-state index is 0.248. The van der Waals surface area contributed by atoms with Crippen LogP contribution in [0.25, 0.3) is 0 Å². The molecule has 0 amide bonds. The third kappa shape index (κ3) is 4.32. The summed E-state index contributed by atoms with van der Waals surface area (Å²) < 4.78 is 5.21. The fraction of sp³-hybridized carbons (Fsp3) is 0.333. The van der Waals surface area contributed by atoms with Crippen molar-refractivity contribution in [3.05, 3.63) is 29.8 Å². The Kier molecular flexibility index (Phi) is 4.85. The summed E-state index contributed by atoms with van der Waals surface area (Å²) in [5.74, 6) is -0.942. The molecule has 0 bridgehead atoms. The van der Waals surface area contributed by atoms with Gasteiger partial charge in [0.15, 0.2) is 0 Å². The number of morpholine rings is 1. The normalized spacial score (nSPS) is 16.6. The van der Waals surface area contributed by atoms with Crippen molar-refractivity contribution in [1.29, 1.82) is 0 Å². The van der Waals surface area contributed by atoms with Crippen molar-refractivity contribution in [1.82, 2.24) is 16.0 Å². The van der Waals surface area contributed by atoms with E-state index in [1.165, 1.54) is 18.5 Å². The van der Waals surface area contributed by atoms with Crippen LogP contribution in [-0.2, 0) is 4.74 Å². The average molecular weight is 264 g/mol. The van der Waals surface area contributed by atoms with Gasteiger partial charge < -0.3 is 9.84 Å². The van der Waals surface area contributed by atoms with Gasteiger partial charge in [0.25, 0.3) is 0 Å². The van der Waals surface area contributed by atoms with Gasteiger partial charge in [-0.25, -0.2) is 14.8 Å². The molecule has 1 aromatic carbocycles. The van der Waals surface area contributed by atoms with Gasteiger partial charge in [0.2, 0.25) is 0 Å². The Labute approximate surface area is 110 Å². The van der Waals surface area contributed by atoms with Gasteiger partial charge >= 0.3 is 5.97 Å². The Balaban J connectivity index is 1.76. The molecule has 7 nitrogen and oxygen atoms in total. The molecule has 3 N–H and O–H groups in total. The zero-order valence-corrected chi connectivity index (χ0v) is 10.4. The Morgan fingerprint density at radius 1 is 1.32 bits per heavy atom. The lowest BCUT2D eigenvalue weighted by Crippen LogP contribution is -2.51. The molecule has 0 spiro atoms. The molecule has 7 heteroatoms. The molecular weight excluding hydrogens is 248 g/mol. The molecule has 0 atom stereocenters. The highest BCUT2D eigenvalue weighted by atomic mass is 16.5. The van der Waals surface area contributed by atoms with Crippen LogP contribution in [0.2, 0.25) is 0 Å². The van der Waals surface area contributed by atoms with E-state index in [-0.39, 0.29) is 5.56 Å². The van der Waals surface area contributed by atoms with Crippen LogP contribution in [-0.4, -0.2) is 48.7 Å². The number of nitrogens with one attached hydrogen (secondary N) is 2. The SMILES string of the molecule is O=C(O)c1ccc(N=CNNN2CCOCC2)cc1. The van der Waals surface area contributed by atoms with Gasteiger partial charge in [-0.05, 0) is 24.3 Å². The summed E-state index contributed by atoms with van der Waals surface area (Å²) in [5.41, 5.74) is 6.76. The van der Waals surface area contributed by atoms with Crippen LogP contribution in [0.5, 0.6) is 0 Å². The summed E-state index contributed by atoms with van der Waals surface area (Å²) in [4.78, 5) is 14.8. The van der Waals surface area contributed by atoms with E-state index in [0.29, 0.717) is 18.9 Å². The zero-order chi connectivity index (χ0) is 13.5. The van der Waals surface area contributed by atoms with E-state index in [2.05, 4.69) is 16.0 Å². The van der Waals surface area contributed by atoms with Crippen LogP contribution >= 0.6 is 0 Å². The third-order valence-corrected chi connectivity index (χ3v) is 2.63. The van der Waals surface area contributed by atoms with Crippen molar-refractivity contribution in [2.75, 3.05) is 26.3 Å². The number of carbonyl (C=O) groups is 1. The summed E-state index contributed by atoms with van der Waals surface area (Å²) in [7, 11) is 0. The second kappa shape index (κ2) is 6.83. The summed E-state index contributed by atoms with van der Waals surface area (Å²) >= 11 is 0. The van der Waals surface area contributed by atoms with Crippen LogP contribution in [0.4, 0.5) is 5.69 Å². The molecule has 1 aliphatic rings. The van der Waals surface area contributed by atoms with E-state index < -0.39 is 5.97 Å². The maximum absolute atomic E-state index is 10.7. The summed E-state index contributed by atoms with van der Waals surface area (Å²) in [6, 6.07) is 6.33. The van der Waals surface area contributed by atoms with E-state index in [1.807, 2.05) is 5.01 Å². The third-order valence-electron chi connectivity index (χ3n) is 2.63. The molecule has 1 aliphatic heterocycles. The monoisotopic (exact) mass is 264 g/mol. The first-order valence-electron chi connectivity index (χ1n) is 5.95. The van der Waals surface area contributed by atoms with Gasteiger partial charge in [0.1, 0.15) is 6.34 Å². The zero-order valence-electron chi connectivity index (χ0n) is 10.4. The number of ether oxygens (including phenoxy) is 1. The average Bonchev–Trinajstić information content (AvgIpc) is 2.45. The van der Waals surface area contributed by atoms with Crippen molar-refractivity contribution < 1.29 is 14.6 Å². The van der Waals surface area contributed by atoms with Crippen molar-refractivity contribution in [3.8, 4) is 0 Å². The Hall–Kier alpha value is -1.96. The molecule has 0 radical (unpaired) electrons. The highest BCUT2D eigenvalue weighted by Gasteiger charge is 2.07. The van der Waals surface area contributed by atoms with Gasteiger partial charge in [-0.2, -0.15) is 5.53 Å². The molecule has 1 aromatic rings. The second-order valence-electron chi connectivity index (χ2n) is 3.97. The van der Waals surface area contributed by atoms with E-state index in [4.69, 9.17) is 9.84 Å². The van der Waals surface area contributed by atoms with Crippen LogP contribution in [0.15, 0.2) is 29.3 Å². The largest absolute Gasteiger partial charge is 0.478 e. The molecule has 19 heavy (non-hydrogen) atoms.